The minimum absolute atomic E-state index is 0.158. The quantitative estimate of drug-likeness (QED) is 0.693. The molecule has 1 atom stereocenters. The zero-order valence-electron chi connectivity index (χ0n) is 10.1. The Morgan fingerprint density at radius 3 is 2.56 bits per heavy atom. The number of carbonyl (C=O) groups is 2. The van der Waals surface area contributed by atoms with E-state index in [0.717, 1.165) is 11.3 Å². The van der Waals surface area contributed by atoms with Crippen LogP contribution in [0, 0.1) is 6.92 Å². The van der Waals surface area contributed by atoms with E-state index in [2.05, 4.69) is 11.1 Å². The number of carbonyl (C=O) groups excluding carboxylic acids is 2. The molecule has 1 aromatic carbocycles. The molecule has 0 aliphatic rings. The summed E-state index contributed by atoms with van der Waals surface area (Å²) in [6, 6.07) is 6.67. The highest BCUT2D eigenvalue weighted by Crippen LogP contribution is 2.09. The highest BCUT2D eigenvalue weighted by Gasteiger charge is 2.09. The number of anilines is 1. The van der Waals surface area contributed by atoms with Gasteiger partial charge in [-0.3, -0.25) is 4.79 Å². The third-order valence-electron chi connectivity index (χ3n) is 2.22. The van der Waals surface area contributed by atoms with Gasteiger partial charge in [-0.05, 0) is 19.1 Å². The highest BCUT2D eigenvalue weighted by molar-refractivity contribution is 8.00. The van der Waals surface area contributed by atoms with Gasteiger partial charge in [0.2, 0.25) is 5.91 Å². The summed E-state index contributed by atoms with van der Waals surface area (Å²) >= 11 is 1.22. The maximum atomic E-state index is 11.5. The molecule has 0 fully saturated rings. The van der Waals surface area contributed by atoms with Gasteiger partial charge < -0.3 is 21.0 Å². The predicted octanol–water partition coefficient (Wildman–Crippen LogP) is -0.973. The Labute approximate surface area is 110 Å². The SMILES string of the molecule is Cc1ccc(NC(=O)CSC[C@H]([NH3+])C(=O)[O-])cc1. The number of aryl methyl sites for hydroxylation is 1. The summed E-state index contributed by atoms with van der Waals surface area (Å²) < 4.78 is 0. The monoisotopic (exact) mass is 268 g/mol. The molecule has 0 radical (unpaired) electrons. The van der Waals surface area contributed by atoms with Gasteiger partial charge in [-0.1, -0.05) is 17.7 Å². The molecule has 1 aromatic rings. The first-order valence-corrected chi connectivity index (χ1v) is 6.62. The maximum Gasteiger partial charge on any atom is 0.234 e. The van der Waals surface area contributed by atoms with Crippen LogP contribution in [0.15, 0.2) is 24.3 Å². The van der Waals surface area contributed by atoms with Crippen LogP contribution < -0.4 is 16.2 Å². The number of benzene rings is 1. The molecule has 4 N–H and O–H groups in total. The Morgan fingerprint density at radius 2 is 2.00 bits per heavy atom. The Morgan fingerprint density at radius 1 is 1.39 bits per heavy atom. The maximum absolute atomic E-state index is 11.5. The number of aliphatic carboxylic acids is 1. The van der Waals surface area contributed by atoms with Crippen molar-refractivity contribution in [2.45, 2.75) is 13.0 Å². The van der Waals surface area contributed by atoms with Crippen molar-refractivity contribution in [1.29, 1.82) is 0 Å². The zero-order valence-corrected chi connectivity index (χ0v) is 11.0. The average Bonchev–Trinajstić information content (AvgIpc) is 2.32. The van der Waals surface area contributed by atoms with Crippen molar-refractivity contribution >= 4 is 29.3 Å². The van der Waals surface area contributed by atoms with Gasteiger partial charge >= 0.3 is 0 Å². The van der Waals surface area contributed by atoms with Crippen LogP contribution in [0.25, 0.3) is 0 Å². The third kappa shape index (κ3) is 5.20. The Bertz CT molecular complexity index is 420. The molecule has 98 valence electrons. The van der Waals surface area contributed by atoms with Crippen LogP contribution >= 0.6 is 11.8 Å². The first-order valence-electron chi connectivity index (χ1n) is 5.47. The molecule has 0 saturated heterocycles. The molecular formula is C12H16N2O3S. The number of quaternary nitrogens is 1. The number of rotatable bonds is 6. The summed E-state index contributed by atoms with van der Waals surface area (Å²) in [4.78, 5) is 21.9. The largest absolute Gasteiger partial charge is 0.544 e. The molecule has 18 heavy (non-hydrogen) atoms. The van der Waals surface area contributed by atoms with Crippen molar-refractivity contribution in [3.05, 3.63) is 29.8 Å². The number of amides is 1. The van der Waals surface area contributed by atoms with E-state index in [1.807, 2.05) is 31.2 Å². The lowest BCUT2D eigenvalue weighted by molar-refractivity contribution is -0.431. The van der Waals surface area contributed by atoms with Gasteiger partial charge in [0.05, 0.1) is 17.5 Å². The highest BCUT2D eigenvalue weighted by atomic mass is 32.2. The molecule has 5 nitrogen and oxygen atoms in total. The van der Waals surface area contributed by atoms with Gasteiger partial charge in [0.15, 0.2) is 0 Å². The van der Waals surface area contributed by atoms with Crippen LogP contribution in [0.4, 0.5) is 5.69 Å². The average molecular weight is 268 g/mol. The Balaban J connectivity index is 2.30. The summed E-state index contributed by atoms with van der Waals surface area (Å²) in [6.07, 6.45) is 0. The summed E-state index contributed by atoms with van der Waals surface area (Å²) in [6.45, 7) is 1.97. The first kappa shape index (κ1) is 14.5. The molecule has 0 aliphatic heterocycles. The molecule has 0 spiro atoms. The van der Waals surface area contributed by atoms with Crippen molar-refractivity contribution in [3.8, 4) is 0 Å². The van der Waals surface area contributed by atoms with Gasteiger partial charge in [0.25, 0.3) is 0 Å². The van der Waals surface area contributed by atoms with E-state index in [1.165, 1.54) is 11.8 Å². The van der Waals surface area contributed by atoms with Crippen LogP contribution in [0.2, 0.25) is 0 Å². The fourth-order valence-corrected chi connectivity index (χ4v) is 1.99. The molecule has 0 unspecified atom stereocenters. The molecule has 1 amide bonds. The standard InChI is InChI=1S/C12H16N2O3S/c1-8-2-4-9(5-3-8)14-11(15)7-18-6-10(13)12(16)17/h2-5,10H,6-7,13H2,1H3,(H,14,15)(H,16,17)/t10-/m0/s1. The second kappa shape index (κ2) is 7.03. The fraction of sp³-hybridized carbons (Fsp3) is 0.333. The topological polar surface area (TPSA) is 96.9 Å². The summed E-state index contributed by atoms with van der Waals surface area (Å²) in [5.41, 5.74) is 5.27. The second-order valence-electron chi connectivity index (χ2n) is 3.95. The number of carboxylic acid groups (broad SMARTS) is 1. The minimum atomic E-state index is -1.19. The molecule has 0 saturated carbocycles. The van der Waals surface area contributed by atoms with Gasteiger partial charge in [0, 0.05) is 5.69 Å². The number of carboxylic acids is 1. The van der Waals surface area contributed by atoms with Crippen molar-refractivity contribution < 1.29 is 20.4 Å². The third-order valence-corrected chi connectivity index (χ3v) is 3.33. The number of hydrogen-bond donors (Lipinski definition) is 2. The van der Waals surface area contributed by atoms with Crippen LogP contribution in [0.1, 0.15) is 5.56 Å². The van der Waals surface area contributed by atoms with E-state index >= 15 is 0 Å². The van der Waals surface area contributed by atoms with Crippen LogP contribution in [0.3, 0.4) is 0 Å². The molecular weight excluding hydrogens is 252 g/mol. The summed E-state index contributed by atoms with van der Waals surface area (Å²) in [5, 5.41) is 13.1. The lowest BCUT2D eigenvalue weighted by Gasteiger charge is -2.09. The number of hydrogen-bond acceptors (Lipinski definition) is 4. The molecule has 1 rings (SSSR count). The molecule has 0 heterocycles. The Kier molecular flexibility index (Phi) is 5.67. The van der Waals surface area contributed by atoms with Crippen LogP contribution in [0.5, 0.6) is 0 Å². The fourth-order valence-electron chi connectivity index (χ4n) is 1.20. The van der Waals surface area contributed by atoms with E-state index in [4.69, 9.17) is 0 Å². The molecule has 6 heteroatoms. The summed E-state index contributed by atoms with van der Waals surface area (Å²) in [5.74, 6) is -0.882. The predicted molar refractivity (Wildman–Crippen MR) is 68.8 cm³/mol. The lowest BCUT2D eigenvalue weighted by atomic mass is 10.2. The summed E-state index contributed by atoms with van der Waals surface area (Å²) in [7, 11) is 0. The van der Waals surface area contributed by atoms with Crippen molar-refractivity contribution in [2.75, 3.05) is 16.8 Å². The minimum Gasteiger partial charge on any atom is -0.544 e. The van der Waals surface area contributed by atoms with Crippen LogP contribution in [-0.2, 0) is 9.59 Å². The lowest BCUT2D eigenvalue weighted by Crippen LogP contribution is -2.69. The van der Waals surface area contributed by atoms with Gasteiger partial charge in [-0.25, -0.2) is 0 Å². The first-order chi connectivity index (χ1) is 8.49. The van der Waals surface area contributed by atoms with Crippen molar-refractivity contribution in [3.63, 3.8) is 0 Å². The van der Waals surface area contributed by atoms with E-state index < -0.39 is 12.0 Å². The zero-order chi connectivity index (χ0) is 13.5. The second-order valence-corrected chi connectivity index (χ2v) is 4.98. The molecule has 0 aromatic heterocycles. The van der Waals surface area contributed by atoms with E-state index in [0.29, 0.717) is 0 Å². The van der Waals surface area contributed by atoms with E-state index in [-0.39, 0.29) is 17.4 Å². The normalized spacial score (nSPS) is 11.9. The Hall–Kier alpha value is -1.53. The van der Waals surface area contributed by atoms with Gasteiger partial charge in [-0.15, -0.1) is 11.8 Å². The van der Waals surface area contributed by atoms with Crippen LogP contribution in [-0.4, -0.2) is 29.4 Å². The number of thioether (sulfide) groups is 1. The van der Waals surface area contributed by atoms with Crippen molar-refractivity contribution in [2.24, 2.45) is 0 Å². The number of nitrogens with one attached hydrogen (secondary N) is 1. The van der Waals surface area contributed by atoms with Gasteiger partial charge in [0.1, 0.15) is 6.04 Å². The smallest absolute Gasteiger partial charge is 0.234 e. The van der Waals surface area contributed by atoms with Gasteiger partial charge in [-0.2, -0.15) is 0 Å². The van der Waals surface area contributed by atoms with E-state index in [1.54, 1.807) is 0 Å². The molecule has 0 aliphatic carbocycles. The van der Waals surface area contributed by atoms with Crippen molar-refractivity contribution in [1.82, 2.24) is 0 Å². The molecule has 0 bridgehead atoms. The van der Waals surface area contributed by atoms with E-state index in [9.17, 15) is 14.7 Å².